The van der Waals surface area contributed by atoms with Gasteiger partial charge in [0.15, 0.2) is 0 Å². The second-order valence-electron chi connectivity index (χ2n) is 3.74. The molecule has 0 radical (unpaired) electrons. The highest BCUT2D eigenvalue weighted by Crippen LogP contribution is 2.29. The number of carboxylic acid groups (broad SMARTS) is 2. The highest BCUT2D eigenvalue weighted by Gasteiger charge is 2.11. The molecule has 94 valence electrons. The third-order valence-corrected chi connectivity index (χ3v) is 2.59. The van der Waals surface area contributed by atoms with E-state index in [-0.39, 0.29) is 16.8 Å². The van der Waals surface area contributed by atoms with Gasteiger partial charge in [-0.2, -0.15) is 4.99 Å². The van der Waals surface area contributed by atoms with E-state index in [0.717, 1.165) is 0 Å². The lowest BCUT2D eigenvalue weighted by molar-refractivity contribution is 0.0686. The maximum atomic E-state index is 10.9. The normalized spacial score (nSPS) is 9.89. The standard InChI is InChI=1S/C13H7NO5/c15-6-14-11-5-9(13(18)19)3-7-1-2-8(12(16)17)4-10(7)11/h1-5H,(H,16,17)(H,18,19). The van der Waals surface area contributed by atoms with Crippen molar-refractivity contribution in [2.75, 3.05) is 0 Å². The topological polar surface area (TPSA) is 104 Å². The molecular weight excluding hydrogens is 250 g/mol. The number of hydrogen-bond donors (Lipinski definition) is 2. The van der Waals surface area contributed by atoms with Crippen LogP contribution >= 0.6 is 0 Å². The van der Waals surface area contributed by atoms with E-state index in [9.17, 15) is 14.4 Å². The molecule has 0 aliphatic carbocycles. The number of carbonyl (C=O) groups excluding carboxylic acids is 1. The minimum atomic E-state index is -1.16. The van der Waals surface area contributed by atoms with Gasteiger partial charge < -0.3 is 10.2 Å². The van der Waals surface area contributed by atoms with E-state index in [1.165, 1.54) is 36.4 Å². The zero-order valence-electron chi connectivity index (χ0n) is 9.45. The Labute approximate surface area is 106 Å². The molecule has 19 heavy (non-hydrogen) atoms. The Kier molecular flexibility index (Phi) is 3.10. The number of benzene rings is 2. The molecule has 0 fully saturated rings. The molecule has 0 saturated heterocycles. The summed E-state index contributed by atoms with van der Waals surface area (Å²) in [7, 11) is 0. The third-order valence-electron chi connectivity index (χ3n) is 2.59. The summed E-state index contributed by atoms with van der Waals surface area (Å²) in [5, 5.41) is 18.7. The van der Waals surface area contributed by atoms with Crippen LogP contribution < -0.4 is 0 Å². The average Bonchev–Trinajstić information content (AvgIpc) is 2.38. The molecule has 2 rings (SSSR count). The lowest BCUT2D eigenvalue weighted by Crippen LogP contribution is -1.98. The molecule has 0 amide bonds. The molecule has 6 nitrogen and oxygen atoms in total. The summed E-state index contributed by atoms with van der Waals surface area (Å²) in [5.41, 5.74) is 0.0653. The number of aliphatic imine (C=N–C) groups is 1. The van der Waals surface area contributed by atoms with Crippen molar-refractivity contribution in [1.29, 1.82) is 0 Å². The number of carbonyl (C=O) groups is 2. The van der Waals surface area contributed by atoms with Crippen molar-refractivity contribution in [3.05, 3.63) is 41.5 Å². The minimum absolute atomic E-state index is 0.0259. The predicted molar refractivity (Wildman–Crippen MR) is 65.6 cm³/mol. The Balaban J connectivity index is 2.82. The van der Waals surface area contributed by atoms with Crippen LogP contribution in [0.4, 0.5) is 5.69 Å². The first-order valence-corrected chi connectivity index (χ1v) is 5.15. The first kappa shape index (κ1) is 12.5. The number of rotatable bonds is 3. The maximum absolute atomic E-state index is 10.9. The van der Waals surface area contributed by atoms with E-state index < -0.39 is 11.9 Å². The number of fused-ring (bicyclic) bond motifs is 1. The van der Waals surface area contributed by atoms with Crippen LogP contribution in [0.1, 0.15) is 20.7 Å². The van der Waals surface area contributed by atoms with Crippen molar-refractivity contribution in [2.45, 2.75) is 0 Å². The highest BCUT2D eigenvalue weighted by atomic mass is 16.4. The fourth-order valence-electron chi connectivity index (χ4n) is 1.74. The van der Waals surface area contributed by atoms with Crippen LogP contribution in [-0.4, -0.2) is 28.2 Å². The van der Waals surface area contributed by atoms with E-state index in [1.807, 2.05) is 0 Å². The van der Waals surface area contributed by atoms with Crippen molar-refractivity contribution >= 4 is 34.5 Å². The number of hydrogen-bond acceptors (Lipinski definition) is 4. The van der Waals surface area contributed by atoms with E-state index in [4.69, 9.17) is 10.2 Å². The van der Waals surface area contributed by atoms with Crippen LogP contribution in [0.25, 0.3) is 10.8 Å². The lowest BCUT2D eigenvalue weighted by atomic mass is 10.0. The predicted octanol–water partition coefficient (Wildman–Crippen LogP) is 2.20. The monoisotopic (exact) mass is 257 g/mol. The quantitative estimate of drug-likeness (QED) is 0.647. The summed E-state index contributed by atoms with van der Waals surface area (Å²) in [6.45, 7) is 0. The maximum Gasteiger partial charge on any atom is 0.335 e. The van der Waals surface area contributed by atoms with Crippen LogP contribution in [0.3, 0.4) is 0 Å². The fraction of sp³-hybridized carbons (Fsp3) is 0. The first-order chi connectivity index (χ1) is 9.02. The largest absolute Gasteiger partial charge is 0.478 e. The fourth-order valence-corrected chi connectivity index (χ4v) is 1.74. The van der Waals surface area contributed by atoms with Gasteiger partial charge in [0.2, 0.25) is 6.08 Å². The molecule has 0 spiro atoms. The van der Waals surface area contributed by atoms with E-state index in [0.29, 0.717) is 10.8 Å². The summed E-state index contributed by atoms with van der Waals surface area (Å²) < 4.78 is 0. The van der Waals surface area contributed by atoms with Gasteiger partial charge in [0.05, 0.1) is 16.8 Å². The average molecular weight is 257 g/mol. The Morgan fingerprint density at radius 2 is 1.68 bits per heavy atom. The SMILES string of the molecule is O=C=Nc1cc(C(=O)O)cc2ccc(C(=O)O)cc12. The molecule has 0 atom stereocenters. The van der Waals surface area contributed by atoms with Crippen molar-refractivity contribution in [2.24, 2.45) is 4.99 Å². The van der Waals surface area contributed by atoms with E-state index in [1.54, 1.807) is 0 Å². The van der Waals surface area contributed by atoms with Crippen LogP contribution in [0.15, 0.2) is 35.3 Å². The number of aromatic carboxylic acids is 2. The van der Waals surface area contributed by atoms with E-state index in [2.05, 4.69) is 4.99 Å². The molecule has 6 heteroatoms. The smallest absolute Gasteiger partial charge is 0.335 e. The minimum Gasteiger partial charge on any atom is -0.478 e. The zero-order valence-corrected chi connectivity index (χ0v) is 9.45. The summed E-state index contributed by atoms with van der Waals surface area (Å²) in [4.78, 5) is 35.6. The number of nitrogens with zero attached hydrogens (tertiary/aromatic N) is 1. The van der Waals surface area contributed by atoms with Gasteiger partial charge in [-0.15, -0.1) is 0 Å². The molecule has 2 aromatic rings. The molecule has 2 aromatic carbocycles. The van der Waals surface area contributed by atoms with Gasteiger partial charge in [-0.3, -0.25) is 0 Å². The molecule has 0 unspecified atom stereocenters. The van der Waals surface area contributed by atoms with Gasteiger partial charge in [0, 0.05) is 5.39 Å². The molecule has 0 heterocycles. The Morgan fingerprint density at radius 3 is 2.26 bits per heavy atom. The summed E-state index contributed by atoms with van der Waals surface area (Å²) in [6.07, 6.45) is 1.33. The first-order valence-electron chi connectivity index (χ1n) is 5.15. The van der Waals surface area contributed by atoms with Crippen LogP contribution in [-0.2, 0) is 4.79 Å². The highest BCUT2D eigenvalue weighted by molar-refractivity contribution is 6.03. The van der Waals surface area contributed by atoms with Crippen molar-refractivity contribution in [1.82, 2.24) is 0 Å². The summed E-state index contributed by atoms with van der Waals surface area (Å²) >= 11 is 0. The van der Waals surface area contributed by atoms with Gasteiger partial charge in [0.25, 0.3) is 0 Å². The number of carboxylic acids is 2. The van der Waals surface area contributed by atoms with Crippen molar-refractivity contribution < 1.29 is 24.6 Å². The van der Waals surface area contributed by atoms with Crippen molar-refractivity contribution in [3.63, 3.8) is 0 Å². The zero-order chi connectivity index (χ0) is 14.0. The molecular formula is C13H7NO5. The molecule has 2 N–H and O–H groups in total. The molecule has 0 aliphatic rings. The van der Waals surface area contributed by atoms with Crippen LogP contribution in [0.5, 0.6) is 0 Å². The van der Waals surface area contributed by atoms with Gasteiger partial charge in [-0.05, 0) is 29.7 Å². The van der Waals surface area contributed by atoms with Crippen molar-refractivity contribution in [3.8, 4) is 0 Å². The number of isocyanates is 1. The Bertz CT molecular complexity index is 744. The van der Waals surface area contributed by atoms with Gasteiger partial charge in [-0.25, -0.2) is 14.4 Å². The summed E-state index contributed by atoms with van der Waals surface area (Å²) in [5.74, 6) is -2.28. The van der Waals surface area contributed by atoms with Gasteiger partial charge >= 0.3 is 11.9 Å². The Hall–Kier alpha value is -2.98. The lowest BCUT2D eigenvalue weighted by Gasteiger charge is -2.04. The third kappa shape index (κ3) is 2.34. The second-order valence-corrected chi connectivity index (χ2v) is 3.74. The second kappa shape index (κ2) is 4.72. The van der Waals surface area contributed by atoms with Gasteiger partial charge in [0.1, 0.15) is 0 Å². The van der Waals surface area contributed by atoms with Crippen LogP contribution in [0, 0.1) is 0 Å². The molecule has 0 saturated carbocycles. The molecule has 0 aliphatic heterocycles. The molecule has 0 bridgehead atoms. The van der Waals surface area contributed by atoms with Gasteiger partial charge in [-0.1, -0.05) is 6.07 Å². The summed E-state index contributed by atoms with van der Waals surface area (Å²) in [6, 6.07) is 6.73. The Morgan fingerprint density at radius 1 is 1.00 bits per heavy atom. The van der Waals surface area contributed by atoms with Crippen LogP contribution in [0.2, 0.25) is 0 Å². The molecule has 0 aromatic heterocycles. The van der Waals surface area contributed by atoms with E-state index >= 15 is 0 Å².